The molecule has 0 bridgehead atoms. The number of hydrogen-bond donors (Lipinski definition) is 4. The zero-order valence-corrected chi connectivity index (χ0v) is 21.9. The molecular weight excluding hydrogens is 538 g/mol. The van der Waals surface area contributed by atoms with E-state index in [0.717, 1.165) is 22.3 Å². The lowest BCUT2D eigenvalue weighted by molar-refractivity contribution is 0.195. The first kappa shape index (κ1) is 25.5. The second kappa shape index (κ2) is 9.77. The second-order valence-corrected chi connectivity index (χ2v) is 11.5. The fourth-order valence-electron chi connectivity index (χ4n) is 4.94. The van der Waals surface area contributed by atoms with Gasteiger partial charge in [0.25, 0.3) is 6.01 Å². The number of fused-ring (bicyclic) bond motifs is 3. The Hall–Kier alpha value is -4.76. The van der Waals surface area contributed by atoms with Gasteiger partial charge in [-0.3, -0.25) is 0 Å². The van der Waals surface area contributed by atoms with Crippen LogP contribution in [0, 0.1) is 0 Å². The van der Waals surface area contributed by atoms with E-state index in [1.807, 2.05) is 30.3 Å². The summed E-state index contributed by atoms with van der Waals surface area (Å²) in [6.07, 6.45) is 0.685. The highest BCUT2D eigenvalue weighted by atomic mass is 32.2. The van der Waals surface area contributed by atoms with Gasteiger partial charge < -0.3 is 26.3 Å². The highest BCUT2D eigenvalue weighted by Crippen LogP contribution is 2.33. The third-order valence-electron chi connectivity index (χ3n) is 6.85. The quantitative estimate of drug-likeness (QED) is 0.224. The number of benzene rings is 2. The van der Waals surface area contributed by atoms with Crippen LogP contribution < -0.4 is 16.8 Å². The van der Waals surface area contributed by atoms with Crippen molar-refractivity contribution in [2.75, 3.05) is 30.3 Å². The van der Waals surface area contributed by atoms with Gasteiger partial charge in [0.1, 0.15) is 23.4 Å². The van der Waals surface area contributed by atoms with Gasteiger partial charge >= 0.3 is 6.09 Å². The van der Waals surface area contributed by atoms with E-state index in [1.165, 1.54) is 10.6 Å². The van der Waals surface area contributed by atoms with E-state index in [9.17, 15) is 13.2 Å². The summed E-state index contributed by atoms with van der Waals surface area (Å²) in [4.78, 5) is 23.5. The van der Waals surface area contributed by atoms with Gasteiger partial charge in [-0.15, -0.1) is 0 Å². The first-order valence-electron chi connectivity index (χ1n) is 12.4. The molecule has 1 aliphatic heterocycles. The number of nitrogens with two attached hydrogens (primary N) is 2. The molecule has 0 atom stereocenters. The van der Waals surface area contributed by atoms with Crippen LogP contribution in [0.25, 0.3) is 33.4 Å². The molecule has 0 aliphatic carbocycles. The molecule has 14 nitrogen and oxygen atoms in total. The van der Waals surface area contributed by atoms with Gasteiger partial charge in [-0.1, -0.05) is 18.2 Å². The largest absolute Gasteiger partial charge is 0.465 e. The monoisotopic (exact) mass is 563 g/mol. The van der Waals surface area contributed by atoms with Crippen LogP contribution in [-0.2, 0) is 29.5 Å². The normalized spacial score (nSPS) is 14.0. The fraction of sp³-hybridized carbons (Fsp3) is 0.240. The Kier molecular flexibility index (Phi) is 6.23. The molecule has 40 heavy (non-hydrogen) atoms. The maximum absolute atomic E-state index is 12.7. The molecule has 5 aromatic rings. The van der Waals surface area contributed by atoms with E-state index < -0.39 is 16.1 Å². The average Bonchev–Trinajstić information content (AvgIpc) is 3.47. The van der Waals surface area contributed by atoms with Gasteiger partial charge in [0.05, 0.1) is 17.7 Å². The number of nitrogen functional groups attached to an aromatic ring is 2. The topological polar surface area (TPSA) is 208 Å². The number of sulfonamides is 1. The van der Waals surface area contributed by atoms with E-state index in [0.29, 0.717) is 53.2 Å². The number of carbonyl (C=O) groups is 1. The number of oxazole rings is 1. The first-order chi connectivity index (χ1) is 19.2. The van der Waals surface area contributed by atoms with Crippen molar-refractivity contribution in [3.8, 4) is 11.3 Å². The number of nitrogens with one attached hydrogen (secondary N) is 1. The predicted octanol–water partition coefficient (Wildman–Crippen LogP) is 1.80. The van der Waals surface area contributed by atoms with E-state index in [4.69, 9.17) is 26.1 Å². The van der Waals surface area contributed by atoms with Crippen LogP contribution >= 0.6 is 0 Å². The van der Waals surface area contributed by atoms with Crippen molar-refractivity contribution in [1.82, 2.24) is 34.4 Å². The highest BCUT2D eigenvalue weighted by Gasteiger charge is 2.27. The Morgan fingerprint density at radius 3 is 2.80 bits per heavy atom. The number of hydrogen-bond acceptors (Lipinski definition) is 10. The number of nitrogens with zero attached hydrogens (tertiary/aromatic N) is 6. The van der Waals surface area contributed by atoms with Crippen LogP contribution in [-0.4, -0.2) is 67.5 Å². The molecule has 1 aliphatic rings. The van der Waals surface area contributed by atoms with Gasteiger partial charge in [-0.2, -0.15) is 14.4 Å². The maximum Gasteiger partial charge on any atom is 0.404 e. The molecule has 1 amide bonds. The Balaban J connectivity index is 1.27. The van der Waals surface area contributed by atoms with Crippen molar-refractivity contribution in [3.05, 3.63) is 59.4 Å². The van der Waals surface area contributed by atoms with Crippen molar-refractivity contribution < 1.29 is 22.7 Å². The fourth-order valence-corrected chi connectivity index (χ4v) is 6.26. The van der Waals surface area contributed by atoms with Crippen LogP contribution in [0.3, 0.4) is 0 Å². The van der Waals surface area contributed by atoms with Crippen molar-refractivity contribution in [3.63, 3.8) is 0 Å². The van der Waals surface area contributed by atoms with Gasteiger partial charge in [0.2, 0.25) is 10.0 Å². The third kappa shape index (κ3) is 4.76. The molecule has 0 unspecified atom stereocenters. The Bertz CT molecular complexity index is 1880. The van der Waals surface area contributed by atoms with Gasteiger partial charge in [-0.25, -0.2) is 27.9 Å². The molecule has 0 spiro atoms. The lowest BCUT2D eigenvalue weighted by atomic mass is 9.98. The molecule has 6 N–H and O–H groups in total. The lowest BCUT2D eigenvalue weighted by Gasteiger charge is -2.28. The number of amides is 1. The molecule has 6 rings (SSSR count). The van der Waals surface area contributed by atoms with Gasteiger partial charge in [0, 0.05) is 25.2 Å². The molecule has 2 aromatic carbocycles. The summed E-state index contributed by atoms with van der Waals surface area (Å²) >= 11 is 0. The Morgan fingerprint density at radius 2 is 1.98 bits per heavy atom. The smallest absolute Gasteiger partial charge is 0.404 e. The zero-order valence-electron chi connectivity index (χ0n) is 21.1. The number of anilines is 2. The average molecular weight is 564 g/mol. The van der Waals surface area contributed by atoms with Crippen LogP contribution in [0.4, 0.5) is 16.6 Å². The van der Waals surface area contributed by atoms with Crippen LogP contribution in [0.15, 0.2) is 47.1 Å². The molecule has 0 fully saturated rings. The maximum atomic E-state index is 12.7. The molecule has 3 aromatic heterocycles. The molecule has 0 saturated carbocycles. The summed E-state index contributed by atoms with van der Waals surface area (Å²) in [5.41, 5.74) is 18.0. The Morgan fingerprint density at radius 1 is 1.12 bits per heavy atom. The summed E-state index contributed by atoms with van der Waals surface area (Å²) in [5.74, 6) is 0.0138. The Labute approximate surface area is 227 Å². The van der Waals surface area contributed by atoms with E-state index in [-0.39, 0.29) is 24.9 Å². The molecule has 0 radical (unpaired) electrons. The molecule has 4 heterocycles. The van der Waals surface area contributed by atoms with Crippen molar-refractivity contribution >= 4 is 50.1 Å². The highest BCUT2D eigenvalue weighted by molar-refractivity contribution is 7.89. The summed E-state index contributed by atoms with van der Waals surface area (Å²) < 4.78 is 33.9. The number of rotatable bonds is 7. The van der Waals surface area contributed by atoms with Crippen LogP contribution in [0.2, 0.25) is 0 Å². The van der Waals surface area contributed by atoms with Crippen LogP contribution in [0.1, 0.15) is 16.7 Å². The summed E-state index contributed by atoms with van der Waals surface area (Å²) in [5, 5.41) is 16.3. The standard InChI is InChI=1S/C25H25N9O5S/c26-22-20-21(16-3-4-19-18(10-16)31-24(27)39-19)32-34(23(20)30-13-29-22)11-14-1-2-17-12-33(7-5-15(17)9-14)40(37,38)8-6-28-25(35)36/h1-4,9-10,13,28H,5-8,11-12H2,(H2,27,31)(H,35,36)(H2,26,29,30). The van der Waals surface area contributed by atoms with Crippen molar-refractivity contribution in [2.24, 2.45) is 0 Å². The second-order valence-electron chi connectivity index (χ2n) is 9.43. The first-order valence-corrected chi connectivity index (χ1v) is 14.0. The molecular formula is C25H25N9O5S. The zero-order chi connectivity index (χ0) is 28.0. The molecule has 0 saturated heterocycles. The van der Waals surface area contributed by atoms with E-state index >= 15 is 0 Å². The van der Waals surface area contributed by atoms with E-state index in [2.05, 4.69) is 20.3 Å². The van der Waals surface area contributed by atoms with Gasteiger partial charge in [0.15, 0.2) is 11.2 Å². The van der Waals surface area contributed by atoms with Crippen LogP contribution in [0.5, 0.6) is 0 Å². The lowest BCUT2D eigenvalue weighted by Crippen LogP contribution is -2.40. The minimum Gasteiger partial charge on any atom is -0.465 e. The third-order valence-corrected chi connectivity index (χ3v) is 8.66. The van der Waals surface area contributed by atoms with Crippen molar-refractivity contribution in [2.45, 2.75) is 19.5 Å². The van der Waals surface area contributed by atoms with E-state index in [1.54, 1.807) is 10.7 Å². The SMILES string of the molecule is Nc1nc2cc(-c3nn(Cc4ccc5c(c4)CCN(S(=O)(=O)CCNC(=O)O)C5)c4ncnc(N)c34)ccc2o1. The summed E-state index contributed by atoms with van der Waals surface area (Å²) in [7, 11) is -3.59. The summed E-state index contributed by atoms with van der Waals surface area (Å²) in [6, 6.07) is 11.4. The molecule has 15 heteroatoms. The minimum atomic E-state index is -3.59. The van der Waals surface area contributed by atoms with Crippen molar-refractivity contribution in [1.29, 1.82) is 0 Å². The molecule has 206 valence electrons. The van der Waals surface area contributed by atoms with Gasteiger partial charge in [-0.05, 0) is 41.3 Å². The summed E-state index contributed by atoms with van der Waals surface area (Å²) in [6.45, 7) is 0.800. The predicted molar refractivity (Wildman–Crippen MR) is 147 cm³/mol. The minimum absolute atomic E-state index is 0.0775. The number of carboxylic acid groups (broad SMARTS) is 1. The number of aromatic nitrogens is 5.